The average Bonchev–Trinajstić information content (AvgIpc) is 3.22. The summed E-state index contributed by atoms with van der Waals surface area (Å²) in [5, 5.41) is 13.9. The maximum Gasteiger partial charge on any atom is 0.416 e. The van der Waals surface area contributed by atoms with E-state index in [9.17, 15) is 18.3 Å². The number of nitrogens with zero attached hydrogens (tertiary/aromatic N) is 2. The summed E-state index contributed by atoms with van der Waals surface area (Å²) in [6.07, 6.45) is -2.50. The van der Waals surface area contributed by atoms with Crippen LogP contribution in [0.25, 0.3) is 5.69 Å². The molecule has 0 spiro atoms. The number of benzene rings is 1. The third-order valence-electron chi connectivity index (χ3n) is 3.49. The number of halogens is 4. The fourth-order valence-corrected chi connectivity index (χ4v) is 2.55. The highest BCUT2D eigenvalue weighted by atomic mass is 35.5. The summed E-state index contributed by atoms with van der Waals surface area (Å²) < 4.78 is 39.6. The Morgan fingerprint density at radius 2 is 2.05 bits per heavy atom. The predicted octanol–water partition coefficient (Wildman–Crippen LogP) is 3.91. The first-order chi connectivity index (χ1) is 9.91. The van der Waals surface area contributed by atoms with E-state index in [4.69, 9.17) is 11.6 Å². The summed E-state index contributed by atoms with van der Waals surface area (Å²) in [6, 6.07) is 4.81. The van der Waals surface area contributed by atoms with E-state index in [0.29, 0.717) is 11.3 Å². The lowest BCUT2D eigenvalue weighted by molar-refractivity contribution is -0.137. The predicted molar refractivity (Wildman–Crippen MR) is 71.5 cm³/mol. The molecule has 0 aliphatic heterocycles. The molecule has 3 rings (SSSR count). The van der Waals surface area contributed by atoms with Gasteiger partial charge in [-0.25, -0.2) is 4.68 Å². The van der Waals surface area contributed by atoms with Gasteiger partial charge in [0.25, 0.3) is 0 Å². The molecule has 0 unspecified atom stereocenters. The van der Waals surface area contributed by atoms with E-state index in [0.717, 1.165) is 25.0 Å². The Labute approximate surface area is 124 Å². The second-order valence-electron chi connectivity index (χ2n) is 5.05. The van der Waals surface area contributed by atoms with Crippen molar-refractivity contribution in [1.29, 1.82) is 0 Å². The van der Waals surface area contributed by atoms with Crippen LogP contribution in [0.4, 0.5) is 13.2 Å². The number of hydrogen-bond acceptors (Lipinski definition) is 2. The average molecular weight is 317 g/mol. The Bertz CT molecular complexity index is 677. The van der Waals surface area contributed by atoms with Crippen molar-refractivity contribution < 1.29 is 18.3 Å². The minimum Gasteiger partial charge on any atom is -0.391 e. The first-order valence-corrected chi connectivity index (χ1v) is 6.85. The largest absolute Gasteiger partial charge is 0.416 e. The van der Waals surface area contributed by atoms with Crippen LogP contribution in [-0.2, 0) is 12.8 Å². The minimum atomic E-state index is -4.42. The van der Waals surface area contributed by atoms with Crippen LogP contribution in [0.2, 0.25) is 5.15 Å². The molecule has 1 aliphatic carbocycles. The van der Waals surface area contributed by atoms with Crippen LogP contribution in [0.1, 0.15) is 35.6 Å². The molecular formula is C14H12ClF3N2O. The second kappa shape index (κ2) is 5.03. The molecule has 1 aromatic heterocycles. The van der Waals surface area contributed by atoms with Gasteiger partial charge in [0.2, 0.25) is 0 Å². The molecule has 1 fully saturated rings. The monoisotopic (exact) mass is 316 g/mol. The molecule has 7 heteroatoms. The van der Waals surface area contributed by atoms with Gasteiger partial charge in [-0.2, -0.15) is 18.3 Å². The van der Waals surface area contributed by atoms with E-state index in [2.05, 4.69) is 5.10 Å². The summed E-state index contributed by atoms with van der Waals surface area (Å²) in [6.45, 7) is -0.274. The van der Waals surface area contributed by atoms with Crippen molar-refractivity contribution in [2.24, 2.45) is 0 Å². The molecule has 1 N–H and O–H groups in total. The lowest BCUT2D eigenvalue weighted by atomic mass is 10.2. The molecule has 3 nitrogen and oxygen atoms in total. The molecule has 2 aromatic rings. The molecule has 112 valence electrons. The van der Waals surface area contributed by atoms with Gasteiger partial charge in [-0.15, -0.1) is 0 Å². The molecule has 1 saturated carbocycles. The van der Waals surface area contributed by atoms with Crippen LogP contribution in [0.3, 0.4) is 0 Å². The van der Waals surface area contributed by atoms with Crippen molar-refractivity contribution >= 4 is 11.6 Å². The number of aliphatic hydroxyl groups excluding tert-OH is 1. The Morgan fingerprint density at radius 3 is 2.62 bits per heavy atom. The third kappa shape index (κ3) is 2.65. The molecule has 0 saturated heterocycles. The van der Waals surface area contributed by atoms with Gasteiger partial charge in [0.05, 0.1) is 23.6 Å². The van der Waals surface area contributed by atoms with Gasteiger partial charge in [0, 0.05) is 11.5 Å². The quantitative estimate of drug-likeness (QED) is 0.932. The van der Waals surface area contributed by atoms with Gasteiger partial charge in [0.15, 0.2) is 0 Å². The Morgan fingerprint density at radius 1 is 1.33 bits per heavy atom. The molecule has 21 heavy (non-hydrogen) atoms. The fraction of sp³-hybridized carbons (Fsp3) is 0.357. The lowest BCUT2D eigenvalue weighted by Gasteiger charge is -2.09. The first kappa shape index (κ1) is 14.4. The van der Waals surface area contributed by atoms with Gasteiger partial charge < -0.3 is 5.11 Å². The van der Waals surface area contributed by atoms with Crippen molar-refractivity contribution in [2.45, 2.75) is 31.5 Å². The summed E-state index contributed by atoms with van der Waals surface area (Å²) >= 11 is 6.16. The molecule has 1 aliphatic rings. The zero-order valence-electron chi connectivity index (χ0n) is 10.9. The van der Waals surface area contributed by atoms with Crippen molar-refractivity contribution in [3.05, 3.63) is 46.2 Å². The van der Waals surface area contributed by atoms with Crippen LogP contribution in [0.5, 0.6) is 0 Å². The third-order valence-corrected chi connectivity index (χ3v) is 3.88. The number of rotatable bonds is 3. The zero-order chi connectivity index (χ0) is 15.2. The normalized spacial score (nSPS) is 15.5. The van der Waals surface area contributed by atoms with Crippen molar-refractivity contribution in [2.75, 3.05) is 0 Å². The van der Waals surface area contributed by atoms with Gasteiger partial charge in [-0.05, 0) is 31.0 Å². The Kier molecular flexibility index (Phi) is 3.45. The minimum absolute atomic E-state index is 0.165. The van der Waals surface area contributed by atoms with E-state index < -0.39 is 11.7 Å². The molecule has 1 aromatic carbocycles. The van der Waals surface area contributed by atoms with Crippen LogP contribution in [0.15, 0.2) is 24.3 Å². The second-order valence-corrected chi connectivity index (χ2v) is 5.40. The van der Waals surface area contributed by atoms with E-state index in [1.807, 2.05) is 0 Å². The number of aromatic nitrogens is 2. The highest BCUT2D eigenvalue weighted by molar-refractivity contribution is 6.30. The van der Waals surface area contributed by atoms with Crippen LogP contribution >= 0.6 is 11.6 Å². The standard InChI is InChI=1S/C14H12ClF3N2O/c15-13-11(7-21)12(8-4-5-8)19-20(13)10-3-1-2-9(6-10)14(16,17)18/h1-3,6,8,21H,4-5,7H2. The smallest absolute Gasteiger partial charge is 0.391 e. The fourth-order valence-electron chi connectivity index (χ4n) is 2.26. The maximum atomic E-state index is 12.8. The summed E-state index contributed by atoms with van der Waals surface area (Å²) in [7, 11) is 0. The van der Waals surface area contributed by atoms with Gasteiger partial charge >= 0.3 is 6.18 Å². The highest BCUT2D eigenvalue weighted by Crippen LogP contribution is 2.43. The molecular weight excluding hydrogens is 305 g/mol. The maximum absolute atomic E-state index is 12.8. The molecule has 0 atom stereocenters. The Hall–Kier alpha value is -1.53. The number of aliphatic hydroxyl groups is 1. The molecule has 0 radical (unpaired) electrons. The van der Waals surface area contributed by atoms with Crippen molar-refractivity contribution in [1.82, 2.24) is 9.78 Å². The summed E-state index contributed by atoms with van der Waals surface area (Å²) in [5.74, 6) is 0.247. The Balaban J connectivity index is 2.08. The highest BCUT2D eigenvalue weighted by Gasteiger charge is 2.33. The van der Waals surface area contributed by atoms with Gasteiger partial charge in [-0.3, -0.25) is 0 Å². The lowest BCUT2D eigenvalue weighted by Crippen LogP contribution is -2.06. The topological polar surface area (TPSA) is 38.1 Å². The van der Waals surface area contributed by atoms with E-state index in [-0.39, 0.29) is 23.4 Å². The van der Waals surface area contributed by atoms with Crippen LogP contribution in [-0.4, -0.2) is 14.9 Å². The van der Waals surface area contributed by atoms with Crippen LogP contribution in [0, 0.1) is 0 Å². The summed E-state index contributed by atoms with van der Waals surface area (Å²) in [4.78, 5) is 0. The SMILES string of the molecule is OCc1c(C2CC2)nn(-c2cccc(C(F)(F)F)c2)c1Cl. The molecule has 0 bridgehead atoms. The van der Waals surface area contributed by atoms with Gasteiger partial charge in [-0.1, -0.05) is 17.7 Å². The van der Waals surface area contributed by atoms with E-state index in [1.165, 1.54) is 16.8 Å². The van der Waals surface area contributed by atoms with E-state index >= 15 is 0 Å². The first-order valence-electron chi connectivity index (χ1n) is 6.47. The van der Waals surface area contributed by atoms with Gasteiger partial charge in [0.1, 0.15) is 5.15 Å². The molecule has 1 heterocycles. The van der Waals surface area contributed by atoms with Crippen molar-refractivity contribution in [3.8, 4) is 5.69 Å². The zero-order valence-corrected chi connectivity index (χ0v) is 11.6. The molecule has 0 amide bonds. The van der Waals surface area contributed by atoms with Crippen LogP contribution < -0.4 is 0 Å². The summed E-state index contributed by atoms with van der Waals surface area (Å²) in [5.41, 5.74) is 0.651. The number of hydrogen-bond donors (Lipinski definition) is 1. The number of alkyl halides is 3. The van der Waals surface area contributed by atoms with Crippen molar-refractivity contribution in [3.63, 3.8) is 0 Å². The van der Waals surface area contributed by atoms with E-state index in [1.54, 1.807) is 0 Å².